The summed E-state index contributed by atoms with van der Waals surface area (Å²) in [6, 6.07) is 5.22. The lowest BCUT2D eigenvalue weighted by Gasteiger charge is -2.18. The number of benzene rings is 1. The fourth-order valence-electron chi connectivity index (χ4n) is 2.75. The van der Waals surface area contributed by atoms with E-state index in [1.54, 1.807) is 13.8 Å². The van der Waals surface area contributed by atoms with E-state index >= 15 is 0 Å². The first-order chi connectivity index (χ1) is 12.6. The summed E-state index contributed by atoms with van der Waals surface area (Å²) in [5.74, 6) is -0.438. The number of ether oxygens (including phenoxy) is 1. The molecule has 0 radical (unpaired) electrons. The molecule has 27 heavy (non-hydrogen) atoms. The second kappa shape index (κ2) is 6.57. The highest BCUT2D eigenvalue weighted by atomic mass is 19.4. The zero-order valence-electron chi connectivity index (χ0n) is 14.7. The monoisotopic (exact) mass is 379 g/mol. The van der Waals surface area contributed by atoms with Gasteiger partial charge in [0.2, 0.25) is 0 Å². The Kier molecular flexibility index (Phi) is 4.54. The number of rotatable bonds is 3. The molecule has 0 aliphatic rings. The van der Waals surface area contributed by atoms with Crippen molar-refractivity contribution in [1.29, 1.82) is 0 Å². The number of phenols is 1. The molecule has 0 unspecified atom stereocenters. The van der Waals surface area contributed by atoms with Crippen LogP contribution in [0, 0.1) is 0 Å². The van der Waals surface area contributed by atoms with E-state index in [0.717, 1.165) is 19.4 Å². The van der Waals surface area contributed by atoms with Gasteiger partial charge in [0.25, 0.3) is 5.56 Å². The van der Waals surface area contributed by atoms with Gasteiger partial charge in [0.15, 0.2) is 11.4 Å². The third-order valence-corrected chi connectivity index (χ3v) is 3.98. The Labute approximate surface area is 151 Å². The van der Waals surface area contributed by atoms with Crippen molar-refractivity contribution in [3.8, 4) is 17.2 Å². The molecule has 2 heterocycles. The summed E-state index contributed by atoms with van der Waals surface area (Å²) in [5.41, 5.74) is -1.25. The van der Waals surface area contributed by atoms with Crippen LogP contribution < -0.4 is 10.3 Å². The standard InChI is InChI=1S/C18H16F3N3O3/c1-9(2)16-23-13-7-11(25)4-5-12(13)17(26)24(16)10-6-14(27-3)15(22-8-10)18(19,20)21/h4-9,25H,1-3H3. The number of methoxy groups -OCH3 is 1. The number of nitrogens with zero attached hydrogens (tertiary/aromatic N) is 3. The summed E-state index contributed by atoms with van der Waals surface area (Å²) in [6.45, 7) is 3.59. The van der Waals surface area contributed by atoms with Crippen LogP contribution in [0.1, 0.15) is 31.3 Å². The number of pyridine rings is 1. The number of phenolic OH excluding ortho intramolecular Hbond substituents is 1. The normalized spacial score (nSPS) is 12.0. The number of hydrogen-bond acceptors (Lipinski definition) is 5. The van der Waals surface area contributed by atoms with Crippen molar-refractivity contribution in [2.45, 2.75) is 25.9 Å². The van der Waals surface area contributed by atoms with E-state index in [9.17, 15) is 23.1 Å². The van der Waals surface area contributed by atoms with Gasteiger partial charge in [-0.3, -0.25) is 9.36 Å². The van der Waals surface area contributed by atoms with E-state index in [0.29, 0.717) is 11.3 Å². The van der Waals surface area contributed by atoms with Crippen molar-refractivity contribution >= 4 is 10.9 Å². The molecule has 0 saturated carbocycles. The predicted molar refractivity (Wildman–Crippen MR) is 92.4 cm³/mol. The van der Waals surface area contributed by atoms with Crippen molar-refractivity contribution < 1.29 is 23.0 Å². The highest BCUT2D eigenvalue weighted by Crippen LogP contribution is 2.35. The fraction of sp³-hybridized carbons (Fsp3) is 0.278. The zero-order chi connectivity index (χ0) is 19.9. The number of hydrogen-bond donors (Lipinski definition) is 1. The van der Waals surface area contributed by atoms with Gasteiger partial charge in [0, 0.05) is 18.1 Å². The molecule has 0 saturated heterocycles. The van der Waals surface area contributed by atoms with Gasteiger partial charge in [0.1, 0.15) is 11.6 Å². The van der Waals surface area contributed by atoms with Crippen LogP contribution >= 0.6 is 0 Å². The largest absolute Gasteiger partial charge is 0.508 e. The second-order valence-corrected chi connectivity index (χ2v) is 6.21. The van der Waals surface area contributed by atoms with Gasteiger partial charge in [-0.2, -0.15) is 13.2 Å². The smallest absolute Gasteiger partial charge is 0.437 e. The maximum Gasteiger partial charge on any atom is 0.437 e. The van der Waals surface area contributed by atoms with E-state index in [1.807, 2.05) is 0 Å². The van der Waals surface area contributed by atoms with E-state index in [2.05, 4.69) is 9.97 Å². The molecule has 0 amide bonds. The van der Waals surface area contributed by atoms with Crippen LogP contribution in [0.25, 0.3) is 16.6 Å². The quantitative estimate of drug-likeness (QED) is 0.752. The Morgan fingerprint density at radius 3 is 2.52 bits per heavy atom. The molecule has 2 aromatic heterocycles. The first kappa shape index (κ1) is 18.7. The predicted octanol–water partition coefficient (Wildman–Crippen LogP) is 3.64. The number of aromatic hydroxyl groups is 1. The van der Waals surface area contributed by atoms with Gasteiger partial charge in [-0.15, -0.1) is 0 Å². The van der Waals surface area contributed by atoms with Crippen LogP contribution in [0.2, 0.25) is 0 Å². The first-order valence-corrected chi connectivity index (χ1v) is 8.00. The molecule has 0 atom stereocenters. The van der Waals surface area contributed by atoms with Crippen LogP contribution in [0.4, 0.5) is 13.2 Å². The van der Waals surface area contributed by atoms with Gasteiger partial charge in [-0.05, 0) is 12.1 Å². The van der Waals surface area contributed by atoms with Crippen molar-refractivity contribution in [2.24, 2.45) is 0 Å². The molecule has 3 rings (SSSR count). The minimum atomic E-state index is -4.69. The molecule has 6 nitrogen and oxygen atoms in total. The van der Waals surface area contributed by atoms with Crippen LogP contribution in [0.15, 0.2) is 35.3 Å². The third kappa shape index (κ3) is 3.32. The van der Waals surface area contributed by atoms with Crippen LogP contribution in [-0.4, -0.2) is 26.8 Å². The van der Waals surface area contributed by atoms with Crippen molar-refractivity contribution in [1.82, 2.24) is 14.5 Å². The highest BCUT2D eigenvalue weighted by Gasteiger charge is 2.36. The molecule has 0 aliphatic heterocycles. The molecule has 0 spiro atoms. The average Bonchev–Trinajstić information content (AvgIpc) is 2.59. The summed E-state index contributed by atoms with van der Waals surface area (Å²) in [6.07, 6.45) is -3.72. The SMILES string of the molecule is COc1cc(-n2c(C(C)C)nc3cc(O)ccc3c2=O)cnc1C(F)(F)F. The molecular formula is C18H16F3N3O3. The van der Waals surface area contributed by atoms with Crippen molar-refractivity contribution in [3.05, 3.63) is 52.3 Å². The van der Waals surface area contributed by atoms with Gasteiger partial charge in [-0.1, -0.05) is 13.8 Å². The van der Waals surface area contributed by atoms with E-state index < -0.39 is 23.2 Å². The fourth-order valence-corrected chi connectivity index (χ4v) is 2.75. The molecule has 0 fully saturated rings. The molecule has 3 aromatic rings. The van der Waals surface area contributed by atoms with Crippen molar-refractivity contribution in [3.63, 3.8) is 0 Å². The van der Waals surface area contributed by atoms with E-state index in [1.165, 1.54) is 22.8 Å². The lowest BCUT2D eigenvalue weighted by molar-refractivity contribution is -0.142. The Morgan fingerprint density at radius 1 is 1.22 bits per heavy atom. The molecule has 0 bridgehead atoms. The molecule has 0 aliphatic carbocycles. The number of alkyl halides is 3. The second-order valence-electron chi connectivity index (χ2n) is 6.21. The maximum atomic E-state index is 13.1. The van der Waals surface area contributed by atoms with Crippen molar-refractivity contribution in [2.75, 3.05) is 7.11 Å². The molecule has 1 aromatic carbocycles. The van der Waals surface area contributed by atoms with Crippen LogP contribution in [0.5, 0.6) is 11.5 Å². The number of fused-ring (bicyclic) bond motifs is 1. The van der Waals surface area contributed by atoms with E-state index in [-0.39, 0.29) is 22.7 Å². The van der Waals surface area contributed by atoms with E-state index in [4.69, 9.17) is 4.74 Å². The summed E-state index contributed by atoms with van der Waals surface area (Å²) in [7, 11) is 1.10. The van der Waals surface area contributed by atoms with Gasteiger partial charge < -0.3 is 9.84 Å². The molecule has 142 valence electrons. The topological polar surface area (TPSA) is 77.2 Å². The summed E-state index contributed by atoms with van der Waals surface area (Å²) >= 11 is 0. The Bertz CT molecular complexity index is 1080. The van der Waals surface area contributed by atoms with Gasteiger partial charge in [0.05, 0.1) is 29.9 Å². The molecular weight excluding hydrogens is 363 g/mol. The Morgan fingerprint density at radius 2 is 1.93 bits per heavy atom. The number of halogens is 3. The van der Waals surface area contributed by atoms with Crippen LogP contribution in [-0.2, 0) is 6.18 Å². The Hall–Kier alpha value is -3.10. The Balaban J connectivity index is 2.34. The summed E-state index contributed by atoms with van der Waals surface area (Å²) < 4.78 is 45.2. The molecule has 1 N–H and O–H groups in total. The highest BCUT2D eigenvalue weighted by molar-refractivity contribution is 5.79. The number of aromatic nitrogens is 3. The maximum absolute atomic E-state index is 13.1. The van der Waals surface area contributed by atoms with Gasteiger partial charge >= 0.3 is 6.18 Å². The molecule has 9 heteroatoms. The third-order valence-electron chi connectivity index (χ3n) is 3.98. The summed E-state index contributed by atoms with van der Waals surface area (Å²) in [5, 5.41) is 9.85. The lowest BCUT2D eigenvalue weighted by atomic mass is 10.1. The zero-order valence-corrected chi connectivity index (χ0v) is 14.7. The minimum absolute atomic E-state index is 0.0419. The van der Waals surface area contributed by atoms with Crippen LogP contribution in [0.3, 0.4) is 0 Å². The lowest BCUT2D eigenvalue weighted by Crippen LogP contribution is -2.25. The average molecular weight is 379 g/mol. The van der Waals surface area contributed by atoms with Gasteiger partial charge in [-0.25, -0.2) is 9.97 Å². The minimum Gasteiger partial charge on any atom is -0.508 e. The summed E-state index contributed by atoms with van der Waals surface area (Å²) in [4.78, 5) is 20.9. The first-order valence-electron chi connectivity index (χ1n) is 8.00.